The summed E-state index contributed by atoms with van der Waals surface area (Å²) in [6.45, 7) is 6.56. The highest BCUT2D eigenvalue weighted by Gasteiger charge is 2.04. The lowest BCUT2D eigenvalue weighted by atomic mass is 10.3. The Labute approximate surface area is 160 Å². The van der Waals surface area contributed by atoms with Crippen LogP contribution in [0.5, 0.6) is 11.5 Å². The van der Waals surface area contributed by atoms with Crippen molar-refractivity contribution in [1.29, 1.82) is 0 Å². The minimum absolute atomic E-state index is 0.132. The first kappa shape index (κ1) is 20.6. The van der Waals surface area contributed by atoms with Crippen LogP contribution in [0.4, 0.5) is 11.4 Å². The number of amides is 1. The van der Waals surface area contributed by atoms with Crippen LogP contribution in [-0.4, -0.2) is 38.9 Å². The molecule has 2 rings (SSSR count). The maximum absolute atomic E-state index is 12.1. The number of anilines is 2. The average molecular weight is 372 g/mol. The Hall–Kier alpha value is -2.73. The molecule has 6 nitrogen and oxygen atoms in total. The van der Waals surface area contributed by atoms with Gasteiger partial charge in [0.2, 0.25) is 5.91 Å². The zero-order valence-corrected chi connectivity index (χ0v) is 16.0. The van der Waals surface area contributed by atoms with E-state index in [1.807, 2.05) is 49.4 Å². The molecule has 0 spiro atoms. The van der Waals surface area contributed by atoms with Crippen LogP contribution < -0.4 is 20.1 Å². The van der Waals surface area contributed by atoms with E-state index in [-0.39, 0.29) is 12.5 Å². The summed E-state index contributed by atoms with van der Waals surface area (Å²) in [7, 11) is 0. The van der Waals surface area contributed by atoms with Crippen LogP contribution in [0.1, 0.15) is 20.3 Å². The van der Waals surface area contributed by atoms with Gasteiger partial charge < -0.3 is 24.8 Å². The number of hydrogen-bond donors (Lipinski definition) is 2. The van der Waals surface area contributed by atoms with Gasteiger partial charge in [0.05, 0.1) is 19.8 Å². The van der Waals surface area contributed by atoms with E-state index in [9.17, 15) is 4.79 Å². The monoisotopic (exact) mass is 372 g/mol. The lowest BCUT2D eigenvalue weighted by molar-refractivity contribution is -0.114. The Kier molecular flexibility index (Phi) is 9.00. The van der Waals surface area contributed by atoms with Gasteiger partial charge in [-0.2, -0.15) is 0 Å². The SMILES string of the molecule is CCCOc1ccc(NCC(=O)Nc2cccc(OCCOCC)c2)cc1. The number of benzene rings is 2. The standard InChI is InChI=1S/C21H28N2O4/c1-3-12-26-19-10-8-17(9-11-19)22-16-21(24)23-18-6-5-7-20(15-18)27-14-13-25-4-2/h5-11,15,22H,3-4,12-14,16H2,1-2H3,(H,23,24). The highest BCUT2D eigenvalue weighted by atomic mass is 16.5. The summed E-state index contributed by atoms with van der Waals surface area (Å²) in [5.41, 5.74) is 1.56. The summed E-state index contributed by atoms with van der Waals surface area (Å²) in [6.07, 6.45) is 0.971. The fourth-order valence-electron chi connectivity index (χ4n) is 2.30. The lowest BCUT2D eigenvalue weighted by Crippen LogP contribution is -2.21. The van der Waals surface area contributed by atoms with Crippen molar-refractivity contribution in [1.82, 2.24) is 0 Å². The molecule has 2 aromatic rings. The molecule has 0 atom stereocenters. The second-order valence-corrected chi connectivity index (χ2v) is 5.85. The van der Waals surface area contributed by atoms with E-state index in [2.05, 4.69) is 17.6 Å². The molecule has 0 saturated carbocycles. The smallest absolute Gasteiger partial charge is 0.243 e. The predicted molar refractivity (Wildman–Crippen MR) is 108 cm³/mol. The number of carbonyl (C=O) groups is 1. The molecule has 27 heavy (non-hydrogen) atoms. The van der Waals surface area contributed by atoms with Crippen molar-refractivity contribution in [3.63, 3.8) is 0 Å². The van der Waals surface area contributed by atoms with Gasteiger partial charge in [-0.1, -0.05) is 13.0 Å². The van der Waals surface area contributed by atoms with Gasteiger partial charge in [0.1, 0.15) is 18.1 Å². The molecule has 0 aliphatic heterocycles. The minimum atomic E-state index is -0.132. The number of hydrogen-bond acceptors (Lipinski definition) is 5. The molecule has 0 aromatic heterocycles. The van der Waals surface area contributed by atoms with Crippen LogP contribution in [0.2, 0.25) is 0 Å². The van der Waals surface area contributed by atoms with E-state index in [1.54, 1.807) is 6.07 Å². The third-order valence-corrected chi connectivity index (χ3v) is 3.60. The molecule has 0 radical (unpaired) electrons. The lowest BCUT2D eigenvalue weighted by Gasteiger charge is -2.11. The molecular formula is C21H28N2O4. The van der Waals surface area contributed by atoms with Crippen molar-refractivity contribution in [2.45, 2.75) is 20.3 Å². The van der Waals surface area contributed by atoms with Gasteiger partial charge in [-0.3, -0.25) is 4.79 Å². The normalized spacial score (nSPS) is 10.3. The Morgan fingerprint density at radius 2 is 1.67 bits per heavy atom. The molecule has 0 fully saturated rings. The van der Waals surface area contributed by atoms with Gasteiger partial charge in [0.25, 0.3) is 0 Å². The highest BCUT2D eigenvalue weighted by molar-refractivity contribution is 5.93. The fourth-order valence-corrected chi connectivity index (χ4v) is 2.30. The first-order valence-corrected chi connectivity index (χ1v) is 9.28. The molecule has 0 bridgehead atoms. The van der Waals surface area contributed by atoms with E-state index in [4.69, 9.17) is 14.2 Å². The van der Waals surface area contributed by atoms with Gasteiger partial charge in [0, 0.05) is 24.0 Å². The maximum Gasteiger partial charge on any atom is 0.243 e. The molecule has 0 saturated heterocycles. The van der Waals surface area contributed by atoms with Gasteiger partial charge in [-0.15, -0.1) is 0 Å². The topological polar surface area (TPSA) is 68.8 Å². The predicted octanol–water partition coefficient (Wildman–Crippen LogP) is 3.94. The van der Waals surface area contributed by atoms with Crippen molar-refractivity contribution in [2.75, 3.05) is 43.6 Å². The van der Waals surface area contributed by atoms with E-state index >= 15 is 0 Å². The van der Waals surface area contributed by atoms with E-state index in [0.717, 1.165) is 17.9 Å². The van der Waals surface area contributed by atoms with E-state index < -0.39 is 0 Å². The van der Waals surface area contributed by atoms with Gasteiger partial charge in [0.15, 0.2) is 0 Å². The van der Waals surface area contributed by atoms with Crippen LogP contribution in [0, 0.1) is 0 Å². The van der Waals surface area contributed by atoms with Gasteiger partial charge >= 0.3 is 0 Å². The molecule has 0 aliphatic rings. The van der Waals surface area contributed by atoms with Crippen molar-refractivity contribution < 1.29 is 19.0 Å². The van der Waals surface area contributed by atoms with Gasteiger partial charge in [-0.05, 0) is 49.7 Å². The molecule has 2 N–H and O–H groups in total. The van der Waals surface area contributed by atoms with Crippen molar-refractivity contribution in [3.8, 4) is 11.5 Å². The Balaban J connectivity index is 1.76. The van der Waals surface area contributed by atoms with E-state index in [0.29, 0.717) is 37.9 Å². The summed E-state index contributed by atoms with van der Waals surface area (Å²) < 4.78 is 16.4. The summed E-state index contributed by atoms with van der Waals surface area (Å²) in [5, 5.41) is 5.95. The molecular weight excluding hydrogens is 344 g/mol. The molecule has 146 valence electrons. The van der Waals surface area contributed by atoms with Crippen molar-refractivity contribution in [2.24, 2.45) is 0 Å². The minimum Gasteiger partial charge on any atom is -0.494 e. The summed E-state index contributed by atoms with van der Waals surface area (Å²) in [6, 6.07) is 14.9. The Morgan fingerprint density at radius 3 is 2.41 bits per heavy atom. The second kappa shape index (κ2) is 11.8. The largest absolute Gasteiger partial charge is 0.494 e. The van der Waals surface area contributed by atoms with Crippen LogP contribution in [0.3, 0.4) is 0 Å². The summed E-state index contributed by atoms with van der Waals surface area (Å²) in [5.74, 6) is 1.39. The van der Waals surface area contributed by atoms with Crippen molar-refractivity contribution >= 4 is 17.3 Å². The quantitative estimate of drug-likeness (QED) is 0.552. The number of nitrogens with one attached hydrogen (secondary N) is 2. The van der Waals surface area contributed by atoms with Crippen LogP contribution in [-0.2, 0) is 9.53 Å². The van der Waals surface area contributed by atoms with E-state index in [1.165, 1.54) is 0 Å². The molecule has 0 aliphatic carbocycles. The summed E-state index contributed by atoms with van der Waals surface area (Å²) in [4.78, 5) is 12.1. The zero-order chi connectivity index (χ0) is 19.3. The molecule has 0 unspecified atom stereocenters. The maximum atomic E-state index is 12.1. The third-order valence-electron chi connectivity index (χ3n) is 3.60. The van der Waals surface area contributed by atoms with Gasteiger partial charge in [-0.25, -0.2) is 0 Å². The molecule has 2 aromatic carbocycles. The number of carbonyl (C=O) groups excluding carboxylic acids is 1. The first-order valence-electron chi connectivity index (χ1n) is 9.28. The van der Waals surface area contributed by atoms with Crippen LogP contribution in [0.15, 0.2) is 48.5 Å². The Bertz CT molecular complexity index is 689. The average Bonchev–Trinajstić information content (AvgIpc) is 2.69. The Morgan fingerprint density at radius 1 is 0.889 bits per heavy atom. The van der Waals surface area contributed by atoms with Crippen molar-refractivity contribution in [3.05, 3.63) is 48.5 Å². The fraction of sp³-hybridized carbons (Fsp3) is 0.381. The molecule has 6 heteroatoms. The van der Waals surface area contributed by atoms with Crippen LogP contribution in [0.25, 0.3) is 0 Å². The second-order valence-electron chi connectivity index (χ2n) is 5.85. The third kappa shape index (κ3) is 8.00. The first-order chi connectivity index (χ1) is 13.2. The molecule has 1 amide bonds. The molecule has 0 heterocycles. The summed E-state index contributed by atoms with van der Waals surface area (Å²) >= 11 is 0. The highest BCUT2D eigenvalue weighted by Crippen LogP contribution is 2.18. The number of ether oxygens (including phenoxy) is 3. The zero-order valence-electron chi connectivity index (χ0n) is 16.0. The van der Waals surface area contributed by atoms with Crippen LogP contribution >= 0.6 is 0 Å². The number of rotatable bonds is 12.